The molecule has 1 N–H and O–H groups in total. The Hall–Kier alpha value is -1.22. The molecule has 0 bridgehead atoms. The largest absolute Gasteiger partial charge is 0.310 e. The number of hydrogen-bond acceptors (Lipinski definition) is 2. The van der Waals surface area contributed by atoms with Gasteiger partial charge < -0.3 is 5.32 Å². The molecular weight excluding hydrogens is 167 g/mol. The van der Waals surface area contributed by atoms with Crippen LogP contribution in [0.25, 0.3) is 0 Å². The molecule has 0 aliphatic heterocycles. The van der Waals surface area contributed by atoms with Crippen LogP contribution in [0, 0.1) is 5.82 Å². The van der Waals surface area contributed by atoms with Crippen LogP contribution in [0.15, 0.2) is 30.6 Å². The lowest BCUT2D eigenvalue weighted by Crippen LogP contribution is -2.18. The van der Waals surface area contributed by atoms with Crippen LogP contribution in [0.2, 0.25) is 0 Å². The summed E-state index contributed by atoms with van der Waals surface area (Å²) in [5.74, 6) is -0.301. The molecule has 13 heavy (non-hydrogen) atoms. The van der Waals surface area contributed by atoms with Crippen molar-refractivity contribution in [3.8, 4) is 0 Å². The zero-order chi connectivity index (χ0) is 9.84. The molecule has 0 saturated carbocycles. The molecule has 70 valence electrons. The fourth-order valence-corrected chi connectivity index (χ4v) is 1.29. The summed E-state index contributed by atoms with van der Waals surface area (Å²) in [6.45, 7) is 5.66. The molecule has 2 nitrogen and oxygen atoms in total. The smallest absolute Gasteiger partial charge is 0.146 e. The highest BCUT2D eigenvalue weighted by atomic mass is 19.1. The van der Waals surface area contributed by atoms with E-state index in [-0.39, 0.29) is 11.9 Å². The van der Waals surface area contributed by atoms with E-state index in [1.54, 1.807) is 19.3 Å². The summed E-state index contributed by atoms with van der Waals surface area (Å²) in [6.07, 6.45) is 2.79. The van der Waals surface area contributed by atoms with Crippen molar-refractivity contribution < 1.29 is 4.39 Å². The van der Waals surface area contributed by atoms with Crippen LogP contribution in [-0.4, -0.2) is 12.0 Å². The lowest BCUT2D eigenvalue weighted by atomic mass is 10.0. The maximum absolute atomic E-state index is 13.2. The number of hydrogen-bond donors (Lipinski definition) is 1. The summed E-state index contributed by atoms with van der Waals surface area (Å²) < 4.78 is 13.2. The molecule has 1 unspecified atom stereocenters. The third-order valence-electron chi connectivity index (χ3n) is 1.90. The predicted octanol–water partition coefficient (Wildman–Crippen LogP) is 2.06. The molecule has 1 heterocycles. The number of likely N-dealkylation sites (N-methyl/N-ethyl adjacent to an activating group) is 1. The van der Waals surface area contributed by atoms with E-state index in [0.29, 0.717) is 5.56 Å². The van der Waals surface area contributed by atoms with Crippen molar-refractivity contribution in [1.29, 1.82) is 0 Å². The third kappa shape index (κ3) is 2.12. The highest BCUT2D eigenvalue weighted by Gasteiger charge is 2.13. The zero-order valence-corrected chi connectivity index (χ0v) is 7.84. The number of nitrogens with one attached hydrogen (secondary N) is 1. The van der Waals surface area contributed by atoms with Crippen molar-refractivity contribution in [2.75, 3.05) is 7.05 Å². The Morgan fingerprint density at radius 1 is 1.69 bits per heavy atom. The summed E-state index contributed by atoms with van der Waals surface area (Å²) >= 11 is 0. The number of pyridine rings is 1. The topological polar surface area (TPSA) is 24.9 Å². The van der Waals surface area contributed by atoms with Gasteiger partial charge in [-0.3, -0.25) is 4.98 Å². The van der Waals surface area contributed by atoms with Crippen molar-refractivity contribution in [1.82, 2.24) is 10.3 Å². The third-order valence-corrected chi connectivity index (χ3v) is 1.90. The van der Waals surface area contributed by atoms with Crippen LogP contribution in [0.4, 0.5) is 4.39 Å². The van der Waals surface area contributed by atoms with Crippen LogP contribution in [0.1, 0.15) is 18.5 Å². The standard InChI is InChI=1S/C10H13FN2/c1-7(2)10(12-3)8-4-5-13-6-9(8)11/h4-6,10,12H,1H2,2-3H3. The second-order valence-electron chi connectivity index (χ2n) is 2.97. The van der Waals surface area contributed by atoms with Gasteiger partial charge in [-0.2, -0.15) is 0 Å². The molecule has 1 aromatic heterocycles. The minimum atomic E-state index is -0.301. The lowest BCUT2D eigenvalue weighted by Gasteiger charge is -2.16. The first-order chi connectivity index (χ1) is 6.16. The van der Waals surface area contributed by atoms with E-state index < -0.39 is 0 Å². The molecule has 0 spiro atoms. The average Bonchev–Trinajstić information content (AvgIpc) is 2.09. The first kappa shape index (κ1) is 9.86. The van der Waals surface area contributed by atoms with Gasteiger partial charge in [0.25, 0.3) is 0 Å². The van der Waals surface area contributed by atoms with Gasteiger partial charge in [-0.15, -0.1) is 0 Å². The molecule has 0 amide bonds. The van der Waals surface area contributed by atoms with Crippen molar-refractivity contribution in [2.45, 2.75) is 13.0 Å². The first-order valence-electron chi connectivity index (χ1n) is 4.09. The summed E-state index contributed by atoms with van der Waals surface area (Å²) in [5, 5.41) is 2.99. The van der Waals surface area contributed by atoms with Crippen LogP contribution >= 0.6 is 0 Å². The molecule has 0 aliphatic carbocycles. The van der Waals surface area contributed by atoms with E-state index in [1.807, 2.05) is 6.92 Å². The van der Waals surface area contributed by atoms with Crippen LogP contribution in [0.5, 0.6) is 0 Å². The van der Waals surface area contributed by atoms with Crippen molar-refractivity contribution in [3.05, 3.63) is 42.0 Å². The zero-order valence-electron chi connectivity index (χ0n) is 7.84. The minimum absolute atomic E-state index is 0.136. The lowest BCUT2D eigenvalue weighted by molar-refractivity contribution is 0.567. The Balaban J connectivity index is 3.04. The molecule has 0 fully saturated rings. The monoisotopic (exact) mass is 180 g/mol. The fourth-order valence-electron chi connectivity index (χ4n) is 1.29. The molecule has 1 atom stereocenters. The van der Waals surface area contributed by atoms with Gasteiger partial charge in [0.1, 0.15) is 5.82 Å². The normalized spacial score (nSPS) is 12.5. The Bertz CT molecular complexity index is 310. The van der Waals surface area contributed by atoms with Gasteiger partial charge in [0.2, 0.25) is 0 Å². The molecule has 1 aromatic rings. The van der Waals surface area contributed by atoms with Gasteiger partial charge in [-0.05, 0) is 20.0 Å². The second kappa shape index (κ2) is 4.14. The number of rotatable bonds is 3. The average molecular weight is 180 g/mol. The molecule has 0 aromatic carbocycles. The van der Waals surface area contributed by atoms with E-state index in [2.05, 4.69) is 16.9 Å². The van der Waals surface area contributed by atoms with Gasteiger partial charge in [-0.25, -0.2) is 4.39 Å². The molecule has 1 rings (SSSR count). The van der Waals surface area contributed by atoms with Gasteiger partial charge in [0.15, 0.2) is 0 Å². The molecule has 0 radical (unpaired) electrons. The van der Waals surface area contributed by atoms with E-state index in [9.17, 15) is 4.39 Å². The van der Waals surface area contributed by atoms with Gasteiger partial charge in [0.05, 0.1) is 12.2 Å². The van der Waals surface area contributed by atoms with Gasteiger partial charge in [0, 0.05) is 11.8 Å². The summed E-state index contributed by atoms with van der Waals surface area (Å²) in [6, 6.07) is 1.52. The van der Waals surface area contributed by atoms with E-state index in [1.165, 1.54) is 6.20 Å². The Morgan fingerprint density at radius 2 is 2.38 bits per heavy atom. The first-order valence-corrected chi connectivity index (χ1v) is 4.09. The van der Waals surface area contributed by atoms with Crippen LogP contribution in [-0.2, 0) is 0 Å². The van der Waals surface area contributed by atoms with E-state index in [0.717, 1.165) is 5.57 Å². The second-order valence-corrected chi connectivity index (χ2v) is 2.97. The summed E-state index contributed by atoms with van der Waals surface area (Å²) in [5.41, 5.74) is 1.47. The number of nitrogens with zero attached hydrogens (tertiary/aromatic N) is 1. The SMILES string of the molecule is C=C(C)C(NC)c1ccncc1F. The highest BCUT2D eigenvalue weighted by molar-refractivity contribution is 5.24. The molecule has 0 saturated heterocycles. The van der Waals surface area contributed by atoms with Crippen molar-refractivity contribution in [3.63, 3.8) is 0 Å². The molecular formula is C10H13FN2. The number of aromatic nitrogens is 1. The van der Waals surface area contributed by atoms with Gasteiger partial charge >= 0.3 is 0 Å². The quantitative estimate of drug-likeness (QED) is 0.720. The van der Waals surface area contributed by atoms with Crippen LogP contribution in [0.3, 0.4) is 0 Å². The Labute approximate surface area is 77.5 Å². The maximum atomic E-state index is 13.2. The molecule has 0 aliphatic rings. The Kier molecular flexibility index (Phi) is 3.14. The maximum Gasteiger partial charge on any atom is 0.146 e. The van der Waals surface area contributed by atoms with Gasteiger partial charge in [-0.1, -0.05) is 12.2 Å². The predicted molar refractivity (Wildman–Crippen MR) is 50.8 cm³/mol. The number of halogens is 1. The summed E-state index contributed by atoms with van der Waals surface area (Å²) in [4.78, 5) is 3.69. The van der Waals surface area contributed by atoms with Crippen molar-refractivity contribution >= 4 is 0 Å². The Morgan fingerprint density at radius 3 is 2.85 bits per heavy atom. The summed E-state index contributed by atoms with van der Waals surface area (Å²) in [7, 11) is 1.78. The minimum Gasteiger partial charge on any atom is -0.310 e. The van der Waals surface area contributed by atoms with E-state index >= 15 is 0 Å². The van der Waals surface area contributed by atoms with Crippen molar-refractivity contribution in [2.24, 2.45) is 0 Å². The van der Waals surface area contributed by atoms with Crippen LogP contribution < -0.4 is 5.32 Å². The fraction of sp³-hybridized carbons (Fsp3) is 0.300. The van der Waals surface area contributed by atoms with E-state index in [4.69, 9.17) is 0 Å². The molecule has 3 heteroatoms. The highest BCUT2D eigenvalue weighted by Crippen LogP contribution is 2.21.